The number of rotatable bonds is 4. The van der Waals surface area contributed by atoms with E-state index in [0.717, 1.165) is 91.9 Å². The van der Waals surface area contributed by atoms with Gasteiger partial charge in [-0.3, -0.25) is 9.59 Å². The van der Waals surface area contributed by atoms with Crippen molar-refractivity contribution in [3.63, 3.8) is 0 Å². The Bertz CT molecular complexity index is 1070. The van der Waals surface area contributed by atoms with E-state index in [0.29, 0.717) is 5.56 Å². The smallest absolute Gasteiger partial charge is 0.255 e. The summed E-state index contributed by atoms with van der Waals surface area (Å²) < 4.78 is 0. The van der Waals surface area contributed by atoms with E-state index in [-0.39, 0.29) is 11.7 Å². The fraction of sp³-hybridized carbons (Fsp3) is 0.423. The monoisotopic (exact) mass is 415 g/mol. The molecule has 5 nitrogen and oxygen atoms in total. The highest BCUT2D eigenvalue weighted by molar-refractivity contribution is 6.18. The molecule has 160 valence electrons. The molecule has 0 saturated carbocycles. The molecule has 5 rings (SSSR count). The summed E-state index contributed by atoms with van der Waals surface area (Å²) >= 11 is 0. The van der Waals surface area contributed by atoms with Gasteiger partial charge < -0.3 is 9.80 Å². The number of aryl methyl sites for hydroxylation is 1. The average Bonchev–Trinajstić information content (AvgIpc) is 3.13. The molecular formula is C26H29N3O2. The minimum Gasteiger partial charge on any atom is -0.339 e. The highest BCUT2D eigenvalue weighted by Gasteiger charge is 2.26. The van der Waals surface area contributed by atoms with Crippen LogP contribution >= 0.6 is 0 Å². The largest absolute Gasteiger partial charge is 0.339 e. The molecule has 1 aliphatic carbocycles. The van der Waals surface area contributed by atoms with Gasteiger partial charge in [0.15, 0.2) is 5.78 Å². The van der Waals surface area contributed by atoms with Gasteiger partial charge in [0.2, 0.25) is 0 Å². The van der Waals surface area contributed by atoms with Gasteiger partial charge in [0.1, 0.15) is 5.82 Å². The lowest BCUT2D eigenvalue weighted by Crippen LogP contribution is -2.36. The number of benzene rings is 1. The van der Waals surface area contributed by atoms with E-state index in [2.05, 4.69) is 17.9 Å². The lowest BCUT2D eigenvalue weighted by Gasteiger charge is -2.31. The van der Waals surface area contributed by atoms with Crippen molar-refractivity contribution in [1.82, 2.24) is 9.88 Å². The Morgan fingerprint density at radius 3 is 2.71 bits per heavy atom. The number of carbonyl (C=O) groups is 2. The van der Waals surface area contributed by atoms with E-state index in [9.17, 15) is 9.59 Å². The van der Waals surface area contributed by atoms with Crippen LogP contribution in [0.15, 0.2) is 36.0 Å². The Kier molecular flexibility index (Phi) is 5.34. The Hall–Kier alpha value is -2.95. The predicted molar refractivity (Wildman–Crippen MR) is 123 cm³/mol. The molecule has 1 amide bonds. The van der Waals surface area contributed by atoms with Crippen molar-refractivity contribution >= 4 is 29.3 Å². The van der Waals surface area contributed by atoms with Gasteiger partial charge >= 0.3 is 0 Å². The van der Waals surface area contributed by atoms with E-state index in [4.69, 9.17) is 4.98 Å². The first-order chi connectivity index (χ1) is 15.2. The van der Waals surface area contributed by atoms with Crippen molar-refractivity contribution in [3.05, 3.63) is 58.3 Å². The number of Topliss-reactive ketones (excluding diaryl/α,β-unsaturated/α-hetero) is 1. The van der Waals surface area contributed by atoms with Crippen LogP contribution in [0.3, 0.4) is 0 Å². The number of pyridine rings is 1. The first-order valence-electron chi connectivity index (χ1n) is 11.6. The summed E-state index contributed by atoms with van der Waals surface area (Å²) in [6.07, 6.45) is 10.9. The van der Waals surface area contributed by atoms with Crippen LogP contribution in [0.1, 0.15) is 77.3 Å². The molecule has 1 aromatic heterocycles. The van der Waals surface area contributed by atoms with Crippen molar-refractivity contribution in [2.24, 2.45) is 0 Å². The molecule has 0 radical (unpaired) electrons. The molecule has 0 N–H and O–H groups in total. The number of nitrogens with zero attached hydrogens (tertiary/aromatic N) is 3. The molecule has 2 aromatic rings. The number of hydrogen-bond donors (Lipinski definition) is 0. The second-order valence-corrected chi connectivity index (χ2v) is 8.84. The number of allylic oxidation sites excluding steroid dienone is 1. The maximum atomic E-state index is 12.9. The molecule has 0 spiro atoms. The van der Waals surface area contributed by atoms with Gasteiger partial charge in [0.05, 0.1) is 5.56 Å². The molecule has 0 bridgehead atoms. The van der Waals surface area contributed by atoms with E-state index >= 15 is 0 Å². The maximum Gasteiger partial charge on any atom is 0.255 e. The van der Waals surface area contributed by atoms with Crippen LogP contribution < -0.4 is 4.90 Å². The molecule has 3 aliphatic rings. The maximum absolute atomic E-state index is 12.9. The summed E-state index contributed by atoms with van der Waals surface area (Å²) in [5.41, 5.74) is 5.62. The number of likely N-dealkylation sites (tertiary alicyclic amines) is 1. The van der Waals surface area contributed by atoms with E-state index in [1.54, 1.807) is 6.20 Å². The highest BCUT2D eigenvalue weighted by atomic mass is 16.2. The summed E-state index contributed by atoms with van der Waals surface area (Å²) in [5, 5.41) is 0. The standard InChI is InChI=1S/C26H29N3O2/c1-2-7-18-14-20-16-22(9-10-23(20)24(18)30)29-13-6-8-19-15-21(17-27-25(19)29)26(31)28-11-4-3-5-12-28/h9-10,14-17H,2-8,11-13H2,1H3. The zero-order valence-corrected chi connectivity index (χ0v) is 18.2. The number of amides is 1. The third-order valence-electron chi connectivity index (χ3n) is 6.65. The second-order valence-electron chi connectivity index (χ2n) is 8.84. The zero-order chi connectivity index (χ0) is 21.4. The Labute approximate surface area is 183 Å². The van der Waals surface area contributed by atoms with Gasteiger partial charge in [0, 0.05) is 42.7 Å². The Morgan fingerprint density at radius 2 is 1.90 bits per heavy atom. The van der Waals surface area contributed by atoms with Gasteiger partial charge in [-0.05, 0) is 80.0 Å². The minimum absolute atomic E-state index is 0.108. The van der Waals surface area contributed by atoms with E-state index in [1.165, 1.54) is 6.42 Å². The highest BCUT2D eigenvalue weighted by Crippen LogP contribution is 2.36. The number of anilines is 2. The fourth-order valence-electron chi connectivity index (χ4n) is 5.04. The van der Waals surface area contributed by atoms with Crippen LogP contribution in [-0.4, -0.2) is 41.2 Å². The fourth-order valence-corrected chi connectivity index (χ4v) is 5.04. The number of carbonyl (C=O) groups excluding carboxylic acids is 2. The number of hydrogen-bond acceptors (Lipinski definition) is 4. The average molecular weight is 416 g/mol. The van der Waals surface area contributed by atoms with Gasteiger partial charge in [-0.15, -0.1) is 0 Å². The van der Waals surface area contributed by atoms with Crippen molar-refractivity contribution in [2.75, 3.05) is 24.5 Å². The predicted octanol–water partition coefficient (Wildman–Crippen LogP) is 5.17. The van der Waals surface area contributed by atoms with Gasteiger partial charge in [0.25, 0.3) is 5.91 Å². The molecule has 5 heteroatoms. The topological polar surface area (TPSA) is 53.5 Å². The van der Waals surface area contributed by atoms with Crippen molar-refractivity contribution in [3.8, 4) is 0 Å². The van der Waals surface area contributed by atoms with Crippen LogP contribution in [-0.2, 0) is 6.42 Å². The normalized spacial score (nSPS) is 18.0. The summed E-state index contributed by atoms with van der Waals surface area (Å²) in [6.45, 7) is 4.69. The van der Waals surface area contributed by atoms with E-state index in [1.807, 2.05) is 29.2 Å². The Balaban J connectivity index is 1.43. The minimum atomic E-state index is 0.108. The van der Waals surface area contributed by atoms with Crippen molar-refractivity contribution in [1.29, 1.82) is 0 Å². The van der Waals surface area contributed by atoms with Crippen LogP contribution in [0.5, 0.6) is 0 Å². The molecule has 0 unspecified atom stereocenters. The molecule has 1 saturated heterocycles. The molecule has 31 heavy (non-hydrogen) atoms. The van der Waals surface area contributed by atoms with Crippen LogP contribution in [0, 0.1) is 0 Å². The first-order valence-corrected chi connectivity index (χ1v) is 11.6. The van der Waals surface area contributed by atoms with Crippen molar-refractivity contribution < 1.29 is 9.59 Å². The lowest BCUT2D eigenvalue weighted by atomic mass is 10.0. The van der Waals surface area contributed by atoms with Crippen LogP contribution in [0.4, 0.5) is 11.5 Å². The SMILES string of the molecule is CCCC1=Cc2cc(N3CCCc4cc(C(=O)N5CCCCC5)cnc43)ccc2C1=O. The number of ketones is 1. The molecule has 3 heterocycles. The molecule has 1 aromatic carbocycles. The van der Waals surface area contributed by atoms with Gasteiger partial charge in [-0.1, -0.05) is 13.3 Å². The molecule has 1 fully saturated rings. The lowest BCUT2D eigenvalue weighted by molar-refractivity contribution is 0.0723. The summed E-state index contributed by atoms with van der Waals surface area (Å²) in [5.74, 6) is 1.21. The quantitative estimate of drug-likeness (QED) is 0.691. The summed E-state index contributed by atoms with van der Waals surface area (Å²) in [7, 11) is 0. The second kappa shape index (κ2) is 8.29. The number of piperidine rings is 1. The van der Waals surface area contributed by atoms with Crippen LogP contribution in [0.25, 0.3) is 6.08 Å². The first kappa shape index (κ1) is 20.0. The summed E-state index contributed by atoms with van der Waals surface area (Å²) in [6, 6.07) is 8.14. The number of fused-ring (bicyclic) bond motifs is 2. The third-order valence-corrected chi connectivity index (χ3v) is 6.65. The number of aromatic nitrogens is 1. The molecule has 0 atom stereocenters. The summed E-state index contributed by atoms with van der Waals surface area (Å²) in [4.78, 5) is 34.4. The zero-order valence-electron chi connectivity index (χ0n) is 18.2. The third kappa shape index (κ3) is 3.67. The molecular weight excluding hydrogens is 386 g/mol. The van der Waals surface area contributed by atoms with Gasteiger partial charge in [-0.25, -0.2) is 4.98 Å². The van der Waals surface area contributed by atoms with E-state index < -0.39 is 0 Å². The van der Waals surface area contributed by atoms with Crippen LogP contribution in [0.2, 0.25) is 0 Å². The molecule has 2 aliphatic heterocycles. The Morgan fingerprint density at radius 1 is 1.06 bits per heavy atom. The van der Waals surface area contributed by atoms with Crippen molar-refractivity contribution in [2.45, 2.75) is 51.9 Å². The van der Waals surface area contributed by atoms with Gasteiger partial charge in [-0.2, -0.15) is 0 Å².